The summed E-state index contributed by atoms with van der Waals surface area (Å²) in [6.07, 6.45) is 0. The van der Waals surface area contributed by atoms with Crippen molar-refractivity contribution >= 4 is 107 Å². The van der Waals surface area contributed by atoms with Crippen molar-refractivity contribution in [2.75, 3.05) is 23.9 Å². The van der Waals surface area contributed by atoms with E-state index in [1.165, 1.54) is 18.9 Å². The van der Waals surface area contributed by atoms with Gasteiger partial charge in [0.1, 0.15) is 6.61 Å². The van der Waals surface area contributed by atoms with Crippen molar-refractivity contribution in [3.8, 4) is 0 Å². The number of amides is 2. The highest BCUT2D eigenvalue weighted by Gasteiger charge is 2.28. The van der Waals surface area contributed by atoms with Gasteiger partial charge < -0.3 is 15.3 Å². The van der Waals surface area contributed by atoms with E-state index in [4.69, 9.17) is 4.55 Å². The van der Waals surface area contributed by atoms with Gasteiger partial charge in [0.25, 0.3) is 5.91 Å². The lowest BCUT2D eigenvalue weighted by molar-refractivity contribution is -0.118. The molecule has 0 radical (unpaired) electrons. The predicted octanol–water partition coefficient (Wildman–Crippen LogP) is 1.94. The van der Waals surface area contributed by atoms with Gasteiger partial charge in [-0.1, -0.05) is 0 Å². The van der Waals surface area contributed by atoms with Gasteiger partial charge in [0.2, 0.25) is 5.91 Å². The van der Waals surface area contributed by atoms with Gasteiger partial charge >= 0.3 is 16.4 Å². The van der Waals surface area contributed by atoms with Crippen molar-refractivity contribution in [3.63, 3.8) is 0 Å². The zero-order chi connectivity index (χ0) is 20.4. The van der Waals surface area contributed by atoms with Gasteiger partial charge in [-0.15, -0.1) is 0 Å². The molecule has 1 rings (SSSR count). The molecule has 3 N–H and O–H groups in total. The topological polar surface area (TPSA) is 150 Å². The zero-order valence-electron chi connectivity index (χ0n) is 13.0. The number of carbonyl (C=O) groups is 3. The molecule has 2 amide bonds. The number of hydrogen-bond acceptors (Lipinski definition) is 6. The monoisotopic (exact) mass is 724 g/mol. The van der Waals surface area contributed by atoms with E-state index in [9.17, 15) is 27.9 Å². The molecule has 0 heterocycles. The average Bonchev–Trinajstić information content (AvgIpc) is 2.48. The first-order valence-electron chi connectivity index (χ1n) is 6.37. The summed E-state index contributed by atoms with van der Waals surface area (Å²) in [6, 6.07) is 0. The van der Waals surface area contributed by atoms with E-state index >= 15 is 0 Å². The molecule has 0 spiro atoms. The fourth-order valence-electron chi connectivity index (χ4n) is 1.70. The highest BCUT2D eigenvalue weighted by molar-refractivity contribution is 14.1. The molecule has 1 aromatic carbocycles. The largest absolute Gasteiger partial charge is 0.478 e. The minimum absolute atomic E-state index is 0.0797. The number of carbonyl (C=O) groups excluding carboxylic acids is 2. The van der Waals surface area contributed by atoms with Crippen molar-refractivity contribution < 1.29 is 36.6 Å². The van der Waals surface area contributed by atoms with Crippen molar-refractivity contribution in [2.45, 2.75) is 6.92 Å². The number of aromatic carboxylic acids is 1. The predicted molar refractivity (Wildman–Crippen MR) is 117 cm³/mol. The molecule has 0 unspecified atom stereocenters. The van der Waals surface area contributed by atoms with E-state index in [0.717, 1.165) is 0 Å². The number of nitrogens with zero attached hydrogens (tertiary/aromatic N) is 1. The summed E-state index contributed by atoms with van der Waals surface area (Å²) in [7, 11) is -3.35. The van der Waals surface area contributed by atoms with E-state index in [2.05, 4.69) is 9.50 Å². The SMILES string of the molecule is CC(=O)N(C)c1c(I)c(NC(=O)COS(=O)(=O)O)c(I)c(C(=O)O)c1I. The minimum atomic E-state index is -4.81. The van der Waals surface area contributed by atoms with Crippen LogP contribution in [0, 0.1) is 10.7 Å². The molecule has 0 aromatic heterocycles. The third-order valence-corrected chi connectivity index (χ3v) is 6.51. The van der Waals surface area contributed by atoms with Crippen LogP contribution >= 0.6 is 67.8 Å². The molecule has 0 saturated carbocycles. The maximum Gasteiger partial charge on any atom is 0.397 e. The molecule has 0 aliphatic rings. The first-order chi connectivity index (χ1) is 11.8. The summed E-state index contributed by atoms with van der Waals surface area (Å²) in [5.74, 6) is -2.56. The van der Waals surface area contributed by atoms with Crippen LogP contribution in [0.15, 0.2) is 0 Å². The summed E-state index contributed by atoms with van der Waals surface area (Å²) >= 11 is 5.36. The summed E-state index contributed by atoms with van der Waals surface area (Å²) in [6.45, 7) is 0.292. The van der Waals surface area contributed by atoms with Crippen LogP contribution in [0.3, 0.4) is 0 Å². The van der Waals surface area contributed by atoms with Gasteiger partial charge in [0, 0.05) is 14.0 Å². The van der Waals surface area contributed by atoms with Crippen molar-refractivity contribution in [1.29, 1.82) is 0 Å². The number of anilines is 2. The number of halogens is 3. The third kappa shape index (κ3) is 5.84. The summed E-state index contributed by atoms with van der Waals surface area (Å²) in [5, 5.41) is 11.8. The number of carboxylic acids is 1. The fraction of sp³-hybridized carbons (Fsp3) is 0.250. The van der Waals surface area contributed by atoms with Crippen LogP contribution in [0.2, 0.25) is 0 Å². The normalized spacial score (nSPS) is 11.2. The van der Waals surface area contributed by atoms with Crippen LogP contribution in [0.1, 0.15) is 17.3 Å². The Morgan fingerprint density at radius 2 is 1.69 bits per heavy atom. The molecular formula is C12H11I3N2O8S. The second-order valence-electron chi connectivity index (χ2n) is 4.66. The van der Waals surface area contributed by atoms with Crippen LogP contribution in [-0.4, -0.2) is 49.5 Å². The van der Waals surface area contributed by atoms with Gasteiger partial charge in [-0.25, -0.2) is 8.98 Å². The van der Waals surface area contributed by atoms with E-state index in [1.54, 1.807) is 45.2 Å². The highest BCUT2D eigenvalue weighted by atomic mass is 127. The van der Waals surface area contributed by atoms with Crippen LogP contribution in [0.4, 0.5) is 11.4 Å². The maximum absolute atomic E-state index is 11.9. The number of rotatable bonds is 6. The second kappa shape index (κ2) is 9.26. The number of benzene rings is 1. The fourth-order valence-corrected chi connectivity index (χ4v) is 6.58. The van der Waals surface area contributed by atoms with E-state index in [0.29, 0.717) is 7.14 Å². The second-order valence-corrected chi connectivity index (χ2v) is 8.99. The van der Waals surface area contributed by atoms with E-state index in [-0.39, 0.29) is 26.4 Å². The quantitative estimate of drug-likeness (QED) is 0.298. The average molecular weight is 724 g/mol. The molecule has 26 heavy (non-hydrogen) atoms. The Morgan fingerprint density at radius 3 is 2.12 bits per heavy atom. The molecule has 0 saturated heterocycles. The Labute approximate surface area is 189 Å². The smallest absolute Gasteiger partial charge is 0.397 e. The van der Waals surface area contributed by atoms with Crippen molar-refractivity contribution in [3.05, 3.63) is 16.3 Å². The Kier molecular flexibility index (Phi) is 8.45. The van der Waals surface area contributed by atoms with E-state index < -0.39 is 28.9 Å². The van der Waals surface area contributed by atoms with Crippen LogP contribution in [0.25, 0.3) is 0 Å². The van der Waals surface area contributed by atoms with Gasteiger partial charge in [-0.3, -0.25) is 14.1 Å². The molecule has 0 fully saturated rings. The van der Waals surface area contributed by atoms with Crippen molar-refractivity contribution in [2.24, 2.45) is 0 Å². The van der Waals surface area contributed by atoms with Crippen molar-refractivity contribution in [1.82, 2.24) is 0 Å². The van der Waals surface area contributed by atoms with Crippen LogP contribution in [0.5, 0.6) is 0 Å². The van der Waals surface area contributed by atoms with Gasteiger partial charge in [0.15, 0.2) is 0 Å². The molecule has 0 aliphatic carbocycles. The van der Waals surface area contributed by atoms with E-state index in [1.807, 2.05) is 22.6 Å². The standard InChI is InChI=1S/C12H11I3N2O8S/c1-4(18)17(2)11-8(14)6(12(20)21)7(13)10(9(11)15)16-5(19)3-25-26(22,23)24/h3H2,1-2H3,(H,16,19)(H,20,21)(H,22,23,24). The summed E-state index contributed by atoms with van der Waals surface area (Å²) in [4.78, 5) is 36.5. The third-order valence-electron chi connectivity index (χ3n) is 2.92. The molecule has 0 aliphatic heterocycles. The Bertz CT molecular complexity index is 887. The van der Waals surface area contributed by atoms with Gasteiger partial charge in [-0.05, 0) is 67.8 Å². The van der Waals surface area contributed by atoms with Gasteiger partial charge in [0.05, 0.1) is 27.6 Å². The van der Waals surface area contributed by atoms with Gasteiger partial charge in [-0.2, -0.15) is 8.42 Å². The maximum atomic E-state index is 11.9. The Hall–Kier alpha value is -0.310. The zero-order valence-corrected chi connectivity index (χ0v) is 20.3. The lowest BCUT2D eigenvalue weighted by Crippen LogP contribution is -2.28. The molecule has 144 valence electrons. The molecule has 0 bridgehead atoms. The molecule has 14 heteroatoms. The summed E-state index contributed by atoms with van der Waals surface area (Å²) in [5.41, 5.74) is 0.235. The lowest BCUT2D eigenvalue weighted by atomic mass is 10.1. The van der Waals surface area contributed by atoms with Crippen LogP contribution in [-0.2, 0) is 24.2 Å². The Morgan fingerprint density at radius 1 is 1.15 bits per heavy atom. The first kappa shape index (κ1) is 23.7. The number of nitrogens with one attached hydrogen (secondary N) is 1. The highest BCUT2D eigenvalue weighted by Crippen LogP contribution is 2.40. The van der Waals surface area contributed by atoms with Crippen LogP contribution < -0.4 is 10.2 Å². The molecule has 1 aromatic rings. The molecule has 10 nitrogen and oxygen atoms in total. The summed E-state index contributed by atoms with van der Waals surface area (Å²) < 4.78 is 34.5. The number of carboxylic acid groups (broad SMARTS) is 1. The number of hydrogen-bond donors (Lipinski definition) is 3. The lowest BCUT2D eigenvalue weighted by Gasteiger charge is -2.23. The first-order valence-corrected chi connectivity index (χ1v) is 11.0. The molecular weight excluding hydrogens is 713 g/mol. The molecule has 0 atom stereocenters. The Balaban J connectivity index is 3.49. The minimum Gasteiger partial charge on any atom is -0.478 e.